The number of hydrogen-bond donors (Lipinski definition) is 2. The summed E-state index contributed by atoms with van der Waals surface area (Å²) in [7, 11) is 0. The van der Waals surface area contributed by atoms with Crippen molar-refractivity contribution in [1.29, 1.82) is 0 Å². The third kappa shape index (κ3) is 3.33. The molecule has 0 aliphatic carbocycles. The third-order valence-corrected chi connectivity index (χ3v) is 3.64. The van der Waals surface area contributed by atoms with E-state index < -0.39 is 5.54 Å². The Morgan fingerprint density at radius 1 is 1.28 bits per heavy atom. The number of benzene rings is 1. The summed E-state index contributed by atoms with van der Waals surface area (Å²) in [4.78, 5) is 12.1. The summed E-state index contributed by atoms with van der Waals surface area (Å²) in [5.74, 6) is -0.0689. The van der Waals surface area contributed by atoms with Gasteiger partial charge in [-0.15, -0.1) is 0 Å². The molecule has 0 fully saturated rings. The first-order valence-corrected chi connectivity index (χ1v) is 6.59. The molecule has 0 heterocycles. The number of aryl methyl sites for hydroxylation is 1. The summed E-state index contributed by atoms with van der Waals surface area (Å²) >= 11 is 0. The van der Waals surface area contributed by atoms with E-state index in [9.17, 15) is 4.79 Å². The van der Waals surface area contributed by atoms with Crippen molar-refractivity contribution in [3.8, 4) is 0 Å². The molecule has 0 unspecified atom stereocenters. The Bertz CT molecular complexity index is 393. The van der Waals surface area contributed by atoms with Gasteiger partial charge in [-0.1, -0.05) is 43.7 Å². The van der Waals surface area contributed by atoms with Crippen LogP contribution in [0.1, 0.15) is 50.8 Å². The highest BCUT2D eigenvalue weighted by atomic mass is 16.2. The lowest BCUT2D eigenvalue weighted by Crippen LogP contribution is -2.53. The van der Waals surface area contributed by atoms with Crippen LogP contribution in [0.25, 0.3) is 0 Å². The van der Waals surface area contributed by atoms with Gasteiger partial charge in [-0.3, -0.25) is 4.79 Å². The second kappa shape index (κ2) is 6.01. The van der Waals surface area contributed by atoms with E-state index in [1.165, 1.54) is 5.56 Å². The number of amides is 1. The summed E-state index contributed by atoms with van der Waals surface area (Å²) in [5.41, 5.74) is 7.64. The highest BCUT2D eigenvalue weighted by molar-refractivity contribution is 5.86. The van der Waals surface area contributed by atoms with Crippen LogP contribution in [-0.4, -0.2) is 11.4 Å². The summed E-state index contributed by atoms with van der Waals surface area (Å²) in [6, 6.07) is 8.16. The van der Waals surface area contributed by atoms with Crippen LogP contribution in [-0.2, 0) is 4.79 Å². The van der Waals surface area contributed by atoms with Gasteiger partial charge in [0.25, 0.3) is 0 Å². The predicted molar refractivity (Wildman–Crippen MR) is 75.2 cm³/mol. The fraction of sp³-hybridized carbons (Fsp3) is 0.533. The Balaban J connectivity index is 2.73. The maximum Gasteiger partial charge on any atom is 0.240 e. The van der Waals surface area contributed by atoms with E-state index in [2.05, 4.69) is 5.32 Å². The van der Waals surface area contributed by atoms with Crippen molar-refractivity contribution in [2.75, 3.05) is 0 Å². The lowest BCUT2D eigenvalue weighted by Gasteiger charge is -2.27. The molecule has 3 heteroatoms. The normalized spacial score (nSPS) is 13.2. The maximum atomic E-state index is 12.1. The predicted octanol–water partition coefficient (Wildman–Crippen LogP) is 2.69. The molecule has 1 aromatic rings. The second-order valence-electron chi connectivity index (χ2n) is 4.97. The number of carbonyl (C=O) groups is 1. The maximum absolute atomic E-state index is 12.1. The van der Waals surface area contributed by atoms with E-state index in [4.69, 9.17) is 5.73 Å². The van der Waals surface area contributed by atoms with Crippen LogP contribution in [0.5, 0.6) is 0 Å². The van der Waals surface area contributed by atoms with Crippen LogP contribution < -0.4 is 11.1 Å². The summed E-state index contributed by atoms with van der Waals surface area (Å²) < 4.78 is 0. The zero-order valence-electron chi connectivity index (χ0n) is 11.8. The molecule has 3 nitrogen and oxygen atoms in total. The molecule has 0 aliphatic heterocycles. The largest absolute Gasteiger partial charge is 0.348 e. The van der Waals surface area contributed by atoms with Gasteiger partial charge >= 0.3 is 0 Å². The highest BCUT2D eigenvalue weighted by Gasteiger charge is 2.30. The Morgan fingerprint density at radius 3 is 2.22 bits per heavy atom. The highest BCUT2D eigenvalue weighted by Crippen LogP contribution is 2.17. The summed E-state index contributed by atoms with van der Waals surface area (Å²) in [6.45, 7) is 7.92. The van der Waals surface area contributed by atoms with Crippen molar-refractivity contribution in [2.24, 2.45) is 5.73 Å². The quantitative estimate of drug-likeness (QED) is 0.841. The molecule has 0 spiro atoms. The van der Waals surface area contributed by atoms with Crippen LogP contribution in [0, 0.1) is 6.92 Å². The van der Waals surface area contributed by atoms with Crippen molar-refractivity contribution in [3.05, 3.63) is 35.4 Å². The molecule has 0 radical (unpaired) electrons. The number of carbonyl (C=O) groups excluding carboxylic acids is 1. The molecular weight excluding hydrogens is 224 g/mol. The van der Waals surface area contributed by atoms with Gasteiger partial charge in [-0.25, -0.2) is 0 Å². The Kier molecular flexibility index (Phi) is 4.91. The minimum absolute atomic E-state index is 0.0147. The van der Waals surface area contributed by atoms with Crippen molar-refractivity contribution >= 4 is 5.91 Å². The molecule has 0 saturated carbocycles. The van der Waals surface area contributed by atoms with Crippen LogP contribution in [0.4, 0.5) is 0 Å². The molecular formula is C15H24N2O. The lowest BCUT2D eigenvalue weighted by atomic mass is 9.92. The first-order valence-electron chi connectivity index (χ1n) is 6.59. The zero-order valence-corrected chi connectivity index (χ0v) is 11.8. The average molecular weight is 248 g/mol. The molecule has 1 aromatic carbocycles. The summed E-state index contributed by atoms with van der Waals surface area (Å²) in [6.07, 6.45) is 1.30. The minimum Gasteiger partial charge on any atom is -0.348 e. The SMILES string of the molecule is CCC(N)(CC)C(=O)N[C@H](C)c1ccc(C)cc1. The molecule has 0 bridgehead atoms. The van der Waals surface area contributed by atoms with E-state index in [0.717, 1.165) is 5.56 Å². The average Bonchev–Trinajstić information content (AvgIpc) is 2.38. The lowest BCUT2D eigenvalue weighted by molar-refractivity contribution is -0.127. The molecule has 1 amide bonds. The molecule has 0 aromatic heterocycles. The number of rotatable bonds is 5. The molecule has 0 aliphatic rings. The Labute approximate surface area is 110 Å². The van der Waals surface area contributed by atoms with Crippen LogP contribution in [0.2, 0.25) is 0 Å². The van der Waals surface area contributed by atoms with Gasteiger partial charge in [-0.2, -0.15) is 0 Å². The van der Waals surface area contributed by atoms with Gasteiger partial charge < -0.3 is 11.1 Å². The van der Waals surface area contributed by atoms with Crippen molar-refractivity contribution in [1.82, 2.24) is 5.32 Å². The van der Waals surface area contributed by atoms with Gasteiger partial charge in [0.2, 0.25) is 5.91 Å². The topological polar surface area (TPSA) is 55.1 Å². The molecule has 1 rings (SSSR count). The third-order valence-electron chi connectivity index (χ3n) is 3.64. The molecule has 0 saturated heterocycles. The number of nitrogens with two attached hydrogens (primary N) is 1. The fourth-order valence-electron chi connectivity index (χ4n) is 1.85. The van der Waals surface area contributed by atoms with Crippen LogP contribution in [0.3, 0.4) is 0 Å². The van der Waals surface area contributed by atoms with Gasteiger partial charge in [0.15, 0.2) is 0 Å². The Morgan fingerprint density at radius 2 is 1.78 bits per heavy atom. The van der Waals surface area contributed by atoms with Crippen molar-refractivity contribution in [3.63, 3.8) is 0 Å². The Hall–Kier alpha value is -1.35. The first-order chi connectivity index (χ1) is 8.42. The molecule has 1 atom stereocenters. The van der Waals surface area contributed by atoms with Gasteiger partial charge in [0.05, 0.1) is 11.6 Å². The molecule has 3 N–H and O–H groups in total. The van der Waals surface area contributed by atoms with E-state index in [0.29, 0.717) is 12.8 Å². The zero-order chi connectivity index (χ0) is 13.8. The molecule has 100 valence electrons. The smallest absolute Gasteiger partial charge is 0.240 e. The van der Waals surface area contributed by atoms with E-state index >= 15 is 0 Å². The van der Waals surface area contributed by atoms with Gasteiger partial charge in [0.1, 0.15) is 0 Å². The number of hydrogen-bond acceptors (Lipinski definition) is 2. The molecule has 18 heavy (non-hydrogen) atoms. The van der Waals surface area contributed by atoms with Gasteiger partial charge in [-0.05, 0) is 32.3 Å². The van der Waals surface area contributed by atoms with Crippen LogP contribution in [0.15, 0.2) is 24.3 Å². The monoisotopic (exact) mass is 248 g/mol. The van der Waals surface area contributed by atoms with Crippen molar-refractivity contribution in [2.45, 2.75) is 52.1 Å². The van der Waals surface area contributed by atoms with Gasteiger partial charge in [0, 0.05) is 0 Å². The standard InChI is InChI=1S/C15H24N2O/c1-5-15(16,6-2)14(18)17-12(4)13-9-7-11(3)8-10-13/h7-10,12H,5-6,16H2,1-4H3,(H,17,18)/t12-/m1/s1. The summed E-state index contributed by atoms with van der Waals surface area (Å²) in [5, 5.41) is 2.99. The van der Waals surface area contributed by atoms with E-state index in [1.807, 2.05) is 52.0 Å². The van der Waals surface area contributed by atoms with Crippen LogP contribution >= 0.6 is 0 Å². The van der Waals surface area contributed by atoms with E-state index in [-0.39, 0.29) is 11.9 Å². The minimum atomic E-state index is -0.751. The number of nitrogens with one attached hydrogen (secondary N) is 1. The van der Waals surface area contributed by atoms with Crippen molar-refractivity contribution < 1.29 is 4.79 Å². The second-order valence-corrected chi connectivity index (χ2v) is 4.97. The fourth-order valence-corrected chi connectivity index (χ4v) is 1.85. The van der Waals surface area contributed by atoms with E-state index in [1.54, 1.807) is 0 Å². The first kappa shape index (κ1) is 14.7.